The van der Waals surface area contributed by atoms with Crippen LogP contribution in [-0.2, 0) is 13.0 Å². The lowest BCUT2D eigenvalue weighted by atomic mass is 10.3. The molecule has 0 aliphatic heterocycles. The largest absolute Gasteiger partial charge is 0.311 e. The zero-order valence-electron chi connectivity index (χ0n) is 9.14. The van der Waals surface area contributed by atoms with Crippen LogP contribution < -0.4 is 5.32 Å². The molecule has 0 aliphatic carbocycles. The third-order valence-corrected chi connectivity index (χ3v) is 3.70. The van der Waals surface area contributed by atoms with Crippen molar-refractivity contribution in [2.24, 2.45) is 0 Å². The molecule has 2 heterocycles. The molecule has 2 aromatic heterocycles. The molecule has 16 heavy (non-hydrogen) atoms. The van der Waals surface area contributed by atoms with E-state index in [-0.39, 0.29) is 0 Å². The summed E-state index contributed by atoms with van der Waals surface area (Å²) in [6.45, 7) is 3.84. The van der Waals surface area contributed by atoms with Crippen LogP contribution in [0.1, 0.15) is 22.8 Å². The lowest BCUT2D eigenvalue weighted by Gasteiger charge is -2.00. The Bertz CT molecular complexity index is 410. The molecule has 0 amide bonds. The predicted octanol–water partition coefficient (Wildman–Crippen LogP) is 2.03. The van der Waals surface area contributed by atoms with Crippen molar-refractivity contribution in [2.45, 2.75) is 26.3 Å². The van der Waals surface area contributed by atoms with Gasteiger partial charge < -0.3 is 5.32 Å². The number of thiazole rings is 1. The second kappa shape index (κ2) is 6.03. The van der Waals surface area contributed by atoms with Gasteiger partial charge in [-0.15, -0.1) is 16.4 Å². The Labute approximate surface area is 103 Å². The van der Waals surface area contributed by atoms with E-state index in [0.717, 1.165) is 37.3 Å². The normalized spacial score (nSPS) is 10.8. The van der Waals surface area contributed by atoms with Crippen molar-refractivity contribution in [3.63, 3.8) is 0 Å². The molecule has 2 rings (SSSR count). The molecule has 0 saturated carbocycles. The SMILES string of the molecule is Cc1csc(CCCNCc2csnn2)n1. The summed E-state index contributed by atoms with van der Waals surface area (Å²) in [6, 6.07) is 0. The molecule has 0 atom stereocenters. The van der Waals surface area contributed by atoms with Crippen LogP contribution in [-0.4, -0.2) is 21.1 Å². The van der Waals surface area contributed by atoms with E-state index in [4.69, 9.17) is 0 Å². The van der Waals surface area contributed by atoms with Gasteiger partial charge in [0, 0.05) is 29.4 Å². The fraction of sp³-hybridized carbons (Fsp3) is 0.500. The lowest BCUT2D eigenvalue weighted by molar-refractivity contribution is 0.638. The zero-order chi connectivity index (χ0) is 11.2. The highest BCUT2D eigenvalue weighted by Crippen LogP contribution is 2.10. The van der Waals surface area contributed by atoms with E-state index >= 15 is 0 Å². The van der Waals surface area contributed by atoms with Crippen molar-refractivity contribution >= 4 is 22.9 Å². The van der Waals surface area contributed by atoms with E-state index in [9.17, 15) is 0 Å². The molecule has 1 N–H and O–H groups in total. The van der Waals surface area contributed by atoms with Crippen LogP contribution in [0.5, 0.6) is 0 Å². The summed E-state index contributed by atoms with van der Waals surface area (Å²) in [5.41, 5.74) is 2.15. The highest BCUT2D eigenvalue weighted by Gasteiger charge is 1.99. The van der Waals surface area contributed by atoms with E-state index < -0.39 is 0 Å². The Hall–Kier alpha value is -0.850. The topological polar surface area (TPSA) is 50.7 Å². The van der Waals surface area contributed by atoms with Gasteiger partial charge in [-0.1, -0.05) is 4.49 Å². The molecule has 0 aliphatic rings. The van der Waals surface area contributed by atoms with Crippen LogP contribution in [0.4, 0.5) is 0 Å². The minimum absolute atomic E-state index is 0.813. The maximum Gasteiger partial charge on any atom is 0.0928 e. The number of hydrogen-bond donors (Lipinski definition) is 1. The van der Waals surface area contributed by atoms with Crippen molar-refractivity contribution < 1.29 is 0 Å². The zero-order valence-corrected chi connectivity index (χ0v) is 10.8. The highest BCUT2D eigenvalue weighted by atomic mass is 32.1. The van der Waals surface area contributed by atoms with Gasteiger partial charge >= 0.3 is 0 Å². The average molecular weight is 254 g/mol. The predicted molar refractivity (Wildman–Crippen MR) is 66.8 cm³/mol. The van der Waals surface area contributed by atoms with Crippen LogP contribution in [0.25, 0.3) is 0 Å². The summed E-state index contributed by atoms with van der Waals surface area (Å²) in [4.78, 5) is 4.43. The van der Waals surface area contributed by atoms with Gasteiger partial charge in [0.15, 0.2) is 0 Å². The smallest absolute Gasteiger partial charge is 0.0928 e. The van der Waals surface area contributed by atoms with Crippen molar-refractivity contribution in [3.8, 4) is 0 Å². The summed E-state index contributed by atoms with van der Waals surface area (Å²) < 4.78 is 3.81. The molecule has 0 radical (unpaired) electrons. The first-order chi connectivity index (χ1) is 7.84. The number of aryl methyl sites for hydroxylation is 2. The summed E-state index contributed by atoms with van der Waals surface area (Å²) in [5, 5.41) is 12.6. The number of nitrogens with one attached hydrogen (secondary N) is 1. The summed E-state index contributed by atoms with van der Waals surface area (Å²) >= 11 is 3.14. The van der Waals surface area contributed by atoms with E-state index in [0.29, 0.717) is 0 Å². The molecule has 0 saturated heterocycles. The quantitative estimate of drug-likeness (QED) is 0.801. The number of nitrogens with zero attached hydrogens (tertiary/aromatic N) is 3. The molecule has 0 aromatic carbocycles. The summed E-state index contributed by atoms with van der Waals surface area (Å²) in [7, 11) is 0. The van der Waals surface area contributed by atoms with Gasteiger partial charge in [0.05, 0.1) is 10.7 Å². The molecular weight excluding hydrogens is 240 g/mol. The van der Waals surface area contributed by atoms with Crippen molar-refractivity contribution in [2.75, 3.05) is 6.54 Å². The maximum atomic E-state index is 4.43. The molecule has 0 spiro atoms. The van der Waals surface area contributed by atoms with Crippen molar-refractivity contribution in [1.29, 1.82) is 0 Å². The van der Waals surface area contributed by atoms with E-state index in [1.165, 1.54) is 16.5 Å². The first-order valence-electron chi connectivity index (χ1n) is 5.22. The maximum absolute atomic E-state index is 4.43. The summed E-state index contributed by atoms with van der Waals surface area (Å²) in [6.07, 6.45) is 2.17. The van der Waals surface area contributed by atoms with Crippen molar-refractivity contribution in [3.05, 3.63) is 27.2 Å². The van der Waals surface area contributed by atoms with Crippen LogP contribution in [0.3, 0.4) is 0 Å². The lowest BCUT2D eigenvalue weighted by Crippen LogP contribution is -2.15. The fourth-order valence-corrected chi connectivity index (χ4v) is 2.63. The van der Waals surface area contributed by atoms with E-state index in [1.807, 2.05) is 12.3 Å². The minimum atomic E-state index is 0.813. The Morgan fingerprint density at radius 2 is 2.31 bits per heavy atom. The second-order valence-corrected chi connectivity index (χ2v) is 5.11. The Kier molecular flexibility index (Phi) is 4.38. The van der Waals surface area contributed by atoms with Gasteiger partial charge in [0.1, 0.15) is 0 Å². The van der Waals surface area contributed by atoms with Crippen molar-refractivity contribution in [1.82, 2.24) is 19.9 Å². The molecule has 0 unspecified atom stereocenters. The van der Waals surface area contributed by atoms with Gasteiger partial charge in [-0.25, -0.2) is 4.98 Å². The summed E-state index contributed by atoms with van der Waals surface area (Å²) in [5.74, 6) is 0. The van der Waals surface area contributed by atoms with Gasteiger partial charge in [-0.2, -0.15) is 0 Å². The van der Waals surface area contributed by atoms with Gasteiger partial charge in [0.25, 0.3) is 0 Å². The third kappa shape index (κ3) is 3.62. The fourth-order valence-electron chi connectivity index (χ4n) is 1.36. The van der Waals surface area contributed by atoms with Crippen LogP contribution in [0.15, 0.2) is 10.8 Å². The number of hydrogen-bond acceptors (Lipinski definition) is 6. The molecule has 4 nitrogen and oxygen atoms in total. The molecule has 86 valence electrons. The van der Waals surface area contributed by atoms with Crippen LogP contribution in [0, 0.1) is 6.92 Å². The monoisotopic (exact) mass is 254 g/mol. The average Bonchev–Trinajstić information content (AvgIpc) is 2.89. The third-order valence-electron chi connectivity index (χ3n) is 2.12. The Morgan fingerprint density at radius 3 is 3.00 bits per heavy atom. The molecular formula is C10H14N4S2. The van der Waals surface area contributed by atoms with E-state index in [2.05, 4.69) is 25.3 Å². The van der Waals surface area contributed by atoms with Gasteiger partial charge in [0.2, 0.25) is 0 Å². The first kappa shape index (κ1) is 11.6. The number of rotatable bonds is 6. The molecule has 6 heteroatoms. The Morgan fingerprint density at radius 1 is 1.38 bits per heavy atom. The van der Waals surface area contributed by atoms with Crippen LogP contribution in [0.2, 0.25) is 0 Å². The highest BCUT2D eigenvalue weighted by molar-refractivity contribution is 7.09. The standard InChI is InChI=1S/C10H14N4S2/c1-8-6-15-10(12-8)3-2-4-11-5-9-7-16-14-13-9/h6-7,11H,2-5H2,1H3. The van der Waals surface area contributed by atoms with Crippen LogP contribution >= 0.6 is 22.9 Å². The molecule has 2 aromatic rings. The van der Waals surface area contributed by atoms with E-state index in [1.54, 1.807) is 11.3 Å². The second-order valence-electron chi connectivity index (χ2n) is 3.56. The first-order valence-corrected chi connectivity index (χ1v) is 6.94. The molecule has 0 bridgehead atoms. The minimum Gasteiger partial charge on any atom is -0.311 e. The number of aromatic nitrogens is 3. The Balaban J connectivity index is 1.59. The molecule has 0 fully saturated rings. The van der Waals surface area contributed by atoms with Gasteiger partial charge in [-0.3, -0.25) is 0 Å². The van der Waals surface area contributed by atoms with Gasteiger partial charge in [-0.05, 0) is 31.4 Å².